The van der Waals surface area contributed by atoms with Crippen LogP contribution in [-0.2, 0) is 24.0 Å². The number of hydrogen-bond donors (Lipinski definition) is 6. The first-order chi connectivity index (χ1) is 14.0. The van der Waals surface area contributed by atoms with Crippen LogP contribution in [0.2, 0.25) is 0 Å². The highest BCUT2D eigenvalue weighted by atomic mass is 16.4. The average molecular weight is 431 g/mol. The van der Waals surface area contributed by atoms with E-state index in [0.29, 0.717) is 12.8 Å². The van der Waals surface area contributed by atoms with Gasteiger partial charge in [0.05, 0.1) is 6.54 Å². The van der Waals surface area contributed by atoms with Crippen LogP contribution in [0.5, 0.6) is 0 Å². The zero-order valence-corrected chi connectivity index (χ0v) is 17.9. The summed E-state index contributed by atoms with van der Waals surface area (Å²) in [5, 5.41) is 25.6. The molecule has 0 spiro atoms. The van der Waals surface area contributed by atoms with Crippen molar-refractivity contribution in [1.82, 2.24) is 16.0 Å². The Balaban J connectivity index is 5.50. The van der Waals surface area contributed by atoms with Crippen LogP contribution in [-0.4, -0.2) is 64.5 Å². The van der Waals surface area contributed by atoms with Gasteiger partial charge in [-0.3, -0.25) is 19.2 Å². The van der Waals surface area contributed by atoms with E-state index in [1.54, 1.807) is 27.7 Å². The van der Waals surface area contributed by atoms with Crippen LogP contribution < -0.4 is 21.7 Å². The van der Waals surface area contributed by atoms with E-state index in [4.69, 9.17) is 10.8 Å². The summed E-state index contributed by atoms with van der Waals surface area (Å²) in [5.41, 5.74) is 5.24. The second-order valence-corrected chi connectivity index (χ2v) is 7.34. The Kier molecular flexibility index (Phi) is 12.3. The number of nitrogens with one attached hydrogen (secondary N) is 3. The second-order valence-electron chi connectivity index (χ2n) is 7.34. The summed E-state index contributed by atoms with van der Waals surface area (Å²) in [5.74, 6) is -5.04. The maximum Gasteiger partial charge on any atom is 0.326 e. The summed E-state index contributed by atoms with van der Waals surface area (Å²) >= 11 is 0. The lowest BCUT2D eigenvalue weighted by molar-refractivity contribution is -0.144. The van der Waals surface area contributed by atoms with Crippen LogP contribution in [0.25, 0.3) is 0 Å². The van der Waals surface area contributed by atoms with Gasteiger partial charge in [0, 0.05) is 6.42 Å². The largest absolute Gasteiger partial charge is 0.481 e. The standard InChI is InChI=1S/C19H34N4O7/c1-5-10(3)15(18(28)23-16(19(29)30)11(4)6-2)22-17(27)12(7-8-14(25)26)21-13(24)9-20/h10-12,15-16H,5-9,20H2,1-4H3,(H,21,24)(H,22,27)(H,23,28)(H,25,26)(H,29,30). The number of carboxylic acids is 2. The summed E-state index contributed by atoms with van der Waals surface area (Å²) in [4.78, 5) is 59.5. The van der Waals surface area contributed by atoms with E-state index in [2.05, 4.69) is 16.0 Å². The molecule has 11 heteroatoms. The molecule has 0 rings (SSSR count). The van der Waals surface area contributed by atoms with E-state index in [9.17, 15) is 29.1 Å². The SMILES string of the molecule is CCC(C)C(NC(=O)C(NC(=O)C(CCC(=O)O)NC(=O)CN)C(C)CC)C(=O)O. The summed E-state index contributed by atoms with van der Waals surface area (Å²) in [6, 6.07) is -3.37. The minimum absolute atomic E-state index is 0.188. The van der Waals surface area contributed by atoms with E-state index < -0.39 is 47.8 Å². The predicted molar refractivity (Wildman–Crippen MR) is 108 cm³/mol. The van der Waals surface area contributed by atoms with Gasteiger partial charge in [0.25, 0.3) is 0 Å². The van der Waals surface area contributed by atoms with Crippen LogP contribution in [0, 0.1) is 11.8 Å². The van der Waals surface area contributed by atoms with Crippen LogP contribution in [0.3, 0.4) is 0 Å². The maximum atomic E-state index is 12.8. The zero-order chi connectivity index (χ0) is 23.4. The molecule has 172 valence electrons. The fourth-order valence-corrected chi connectivity index (χ4v) is 2.67. The Bertz CT molecular complexity index is 626. The van der Waals surface area contributed by atoms with Crippen molar-refractivity contribution in [1.29, 1.82) is 0 Å². The molecule has 0 aromatic rings. The van der Waals surface area contributed by atoms with Crippen molar-refractivity contribution < 1.29 is 34.2 Å². The molecule has 0 aliphatic heterocycles. The molecule has 3 amide bonds. The minimum atomic E-state index is -1.19. The van der Waals surface area contributed by atoms with E-state index in [1.165, 1.54) is 0 Å². The molecule has 11 nitrogen and oxygen atoms in total. The van der Waals surface area contributed by atoms with Crippen molar-refractivity contribution >= 4 is 29.7 Å². The Morgan fingerprint density at radius 3 is 1.77 bits per heavy atom. The molecule has 0 heterocycles. The summed E-state index contributed by atoms with van der Waals surface area (Å²) in [6.07, 6.45) is 0.471. The molecule has 0 radical (unpaired) electrons. The molecule has 0 saturated carbocycles. The molecule has 5 unspecified atom stereocenters. The highest BCUT2D eigenvalue weighted by Crippen LogP contribution is 2.13. The van der Waals surface area contributed by atoms with Crippen LogP contribution in [0.4, 0.5) is 0 Å². The number of rotatable bonds is 14. The van der Waals surface area contributed by atoms with Gasteiger partial charge in [-0.25, -0.2) is 4.79 Å². The van der Waals surface area contributed by atoms with Gasteiger partial charge in [0.1, 0.15) is 18.1 Å². The number of carbonyl (C=O) groups is 5. The van der Waals surface area contributed by atoms with Gasteiger partial charge >= 0.3 is 11.9 Å². The van der Waals surface area contributed by atoms with Gasteiger partial charge in [-0.2, -0.15) is 0 Å². The van der Waals surface area contributed by atoms with Crippen molar-refractivity contribution in [2.45, 2.75) is 71.5 Å². The first kappa shape index (κ1) is 27.3. The van der Waals surface area contributed by atoms with Crippen LogP contribution in [0.1, 0.15) is 53.4 Å². The molecule has 7 N–H and O–H groups in total. The third-order valence-corrected chi connectivity index (χ3v) is 5.05. The van der Waals surface area contributed by atoms with Crippen molar-refractivity contribution in [3.05, 3.63) is 0 Å². The van der Waals surface area contributed by atoms with E-state index in [1.807, 2.05) is 0 Å². The van der Waals surface area contributed by atoms with Crippen LogP contribution >= 0.6 is 0 Å². The Hall–Kier alpha value is -2.69. The zero-order valence-electron chi connectivity index (χ0n) is 17.9. The maximum absolute atomic E-state index is 12.8. The molecule has 30 heavy (non-hydrogen) atoms. The Morgan fingerprint density at radius 1 is 0.833 bits per heavy atom. The third kappa shape index (κ3) is 9.21. The van der Waals surface area contributed by atoms with E-state index >= 15 is 0 Å². The third-order valence-electron chi connectivity index (χ3n) is 5.05. The number of amides is 3. The van der Waals surface area contributed by atoms with Gasteiger partial charge in [-0.05, 0) is 18.3 Å². The lowest BCUT2D eigenvalue weighted by Gasteiger charge is -2.28. The number of carboxylic acid groups (broad SMARTS) is 2. The highest BCUT2D eigenvalue weighted by molar-refractivity contribution is 5.94. The van der Waals surface area contributed by atoms with Crippen LogP contribution in [0.15, 0.2) is 0 Å². The number of carbonyl (C=O) groups excluding carboxylic acids is 3. The molecule has 0 fully saturated rings. The monoisotopic (exact) mass is 430 g/mol. The molecule has 0 aromatic carbocycles. The second kappa shape index (κ2) is 13.5. The fraction of sp³-hybridized carbons (Fsp3) is 0.737. The summed E-state index contributed by atoms with van der Waals surface area (Å²) in [6.45, 7) is 6.63. The van der Waals surface area contributed by atoms with Crippen molar-refractivity contribution in [2.24, 2.45) is 17.6 Å². The number of aliphatic carboxylic acids is 2. The molecule has 0 bridgehead atoms. The topological polar surface area (TPSA) is 188 Å². The van der Waals surface area contributed by atoms with E-state index in [0.717, 1.165) is 0 Å². The molecule has 0 saturated heterocycles. The van der Waals surface area contributed by atoms with Gasteiger partial charge in [0.15, 0.2) is 0 Å². The first-order valence-corrected chi connectivity index (χ1v) is 10.0. The summed E-state index contributed by atoms with van der Waals surface area (Å²) in [7, 11) is 0. The number of nitrogens with two attached hydrogens (primary N) is 1. The Morgan fingerprint density at radius 2 is 1.33 bits per heavy atom. The average Bonchev–Trinajstić information content (AvgIpc) is 2.70. The van der Waals surface area contributed by atoms with Gasteiger partial charge in [-0.15, -0.1) is 0 Å². The minimum Gasteiger partial charge on any atom is -0.481 e. The van der Waals surface area contributed by atoms with Crippen molar-refractivity contribution in [2.75, 3.05) is 6.54 Å². The predicted octanol–water partition coefficient (Wildman–Crippen LogP) is -0.559. The Labute approximate surface area is 176 Å². The smallest absolute Gasteiger partial charge is 0.326 e. The van der Waals surface area contributed by atoms with Gasteiger partial charge < -0.3 is 31.9 Å². The first-order valence-electron chi connectivity index (χ1n) is 10.0. The molecular weight excluding hydrogens is 396 g/mol. The van der Waals surface area contributed by atoms with Gasteiger partial charge in [0.2, 0.25) is 17.7 Å². The lowest BCUT2D eigenvalue weighted by Crippen LogP contribution is -2.58. The van der Waals surface area contributed by atoms with Crippen molar-refractivity contribution in [3.8, 4) is 0 Å². The normalized spacial score (nSPS) is 15.8. The highest BCUT2D eigenvalue weighted by Gasteiger charge is 2.33. The molecule has 0 aliphatic carbocycles. The molecule has 5 atom stereocenters. The summed E-state index contributed by atoms with van der Waals surface area (Å²) < 4.78 is 0. The molecule has 0 aliphatic rings. The lowest BCUT2D eigenvalue weighted by atomic mass is 9.95. The number of hydrogen-bond acceptors (Lipinski definition) is 6. The van der Waals surface area contributed by atoms with E-state index in [-0.39, 0.29) is 31.2 Å². The molecule has 0 aromatic heterocycles. The quantitative estimate of drug-likeness (QED) is 0.211. The van der Waals surface area contributed by atoms with Gasteiger partial charge in [-0.1, -0.05) is 40.5 Å². The fourth-order valence-electron chi connectivity index (χ4n) is 2.67. The van der Waals surface area contributed by atoms with Crippen molar-refractivity contribution in [3.63, 3.8) is 0 Å². The molecular formula is C19H34N4O7.